The third kappa shape index (κ3) is 6.52. The molecule has 1 heterocycles. The summed E-state index contributed by atoms with van der Waals surface area (Å²) in [4.78, 5) is 0. The summed E-state index contributed by atoms with van der Waals surface area (Å²) < 4.78 is 30.7. The number of aryl methyl sites for hydroxylation is 1. The van der Waals surface area contributed by atoms with Crippen molar-refractivity contribution in [3.63, 3.8) is 0 Å². The Morgan fingerprint density at radius 2 is 1.42 bits per heavy atom. The number of aromatic nitrogens is 3. The molecule has 0 spiro atoms. The molecule has 2 aromatic carbocycles. The maximum atomic E-state index is 14.4. The predicted octanol–water partition coefficient (Wildman–Crippen LogP) is 9.07. The summed E-state index contributed by atoms with van der Waals surface area (Å²) in [6, 6.07) is 11.0. The average molecular weight is 668 g/mol. The lowest BCUT2D eigenvalue weighted by Crippen LogP contribution is -2.44. The van der Waals surface area contributed by atoms with Gasteiger partial charge < -0.3 is 8.85 Å². The second-order valence-electron chi connectivity index (χ2n) is 13.0. The van der Waals surface area contributed by atoms with E-state index in [2.05, 4.69) is 120 Å². The van der Waals surface area contributed by atoms with Gasteiger partial charge in [0.15, 0.2) is 0 Å². The highest BCUT2D eigenvalue weighted by Gasteiger charge is 2.41. The van der Waals surface area contributed by atoms with Crippen LogP contribution in [0.2, 0.25) is 36.3 Å². The van der Waals surface area contributed by atoms with E-state index >= 15 is 0 Å². The Hall–Kier alpha value is -1.73. The van der Waals surface area contributed by atoms with Crippen LogP contribution in [0, 0.1) is 9.52 Å². The van der Waals surface area contributed by atoms with Crippen LogP contribution in [0.3, 0.4) is 0 Å². The number of halogens is 2. The standard InChI is InChI=1S/C29H43FIN3O2Si2/c1-12-20-17-22(26-27(31)34(33-32-26)19-21-15-13-14-16-23(21)30)25(36-38(10,11)29(5,6)7)18-24(20)35-37(8,9)28(2,3)4/h13-18H,12,19H2,1-11H3. The van der Waals surface area contributed by atoms with Gasteiger partial charge in [-0.2, -0.15) is 0 Å². The Bertz CT molecular complexity index is 1290. The molecule has 3 aromatic rings. The van der Waals surface area contributed by atoms with E-state index in [-0.39, 0.29) is 15.9 Å². The van der Waals surface area contributed by atoms with Gasteiger partial charge in [0.1, 0.15) is 26.7 Å². The fourth-order valence-electron chi connectivity index (χ4n) is 3.46. The average Bonchev–Trinajstić information content (AvgIpc) is 3.13. The molecule has 0 aliphatic rings. The highest BCUT2D eigenvalue weighted by Crippen LogP contribution is 2.45. The summed E-state index contributed by atoms with van der Waals surface area (Å²) in [7, 11) is -4.26. The van der Waals surface area contributed by atoms with E-state index in [0.717, 1.165) is 38.4 Å². The molecule has 38 heavy (non-hydrogen) atoms. The lowest BCUT2D eigenvalue weighted by molar-refractivity contribution is 0.472. The number of benzene rings is 2. The zero-order valence-corrected chi connectivity index (χ0v) is 28.9. The first-order valence-electron chi connectivity index (χ1n) is 13.3. The van der Waals surface area contributed by atoms with Gasteiger partial charge in [0.25, 0.3) is 8.32 Å². The van der Waals surface area contributed by atoms with E-state index < -0.39 is 16.6 Å². The second-order valence-corrected chi connectivity index (χ2v) is 23.5. The van der Waals surface area contributed by atoms with Gasteiger partial charge in [-0.1, -0.05) is 71.9 Å². The van der Waals surface area contributed by atoms with E-state index in [1.54, 1.807) is 16.8 Å². The molecule has 0 unspecified atom stereocenters. The van der Waals surface area contributed by atoms with Gasteiger partial charge in [0.2, 0.25) is 8.32 Å². The van der Waals surface area contributed by atoms with Crippen LogP contribution in [0.15, 0.2) is 36.4 Å². The molecule has 208 valence electrons. The smallest absolute Gasteiger partial charge is 0.250 e. The summed E-state index contributed by atoms with van der Waals surface area (Å²) in [5.41, 5.74) is 3.33. The van der Waals surface area contributed by atoms with Crippen LogP contribution in [0.25, 0.3) is 11.3 Å². The van der Waals surface area contributed by atoms with Crippen molar-refractivity contribution in [1.29, 1.82) is 0 Å². The van der Waals surface area contributed by atoms with Crippen LogP contribution >= 0.6 is 22.6 Å². The van der Waals surface area contributed by atoms with Gasteiger partial charge in [-0.15, -0.1) is 5.10 Å². The zero-order valence-electron chi connectivity index (χ0n) is 24.8. The first-order chi connectivity index (χ1) is 17.4. The molecular formula is C29H43FIN3O2Si2. The molecule has 0 N–H and O–H groups in total. The molecule has 0 aliphatic heterocycles. The normalized spacial score (nSPS) is 13.1. The molecule has 0 radical (unpaired) electrons. The molecule has 0 aliphatic carbocycles. The fraction of sp³-hybridized carbons (Fsp3) is 0.517. The fourth-order valence-corrected chi connectivity index (χ4v) is 6.19. The molecule has 0 bridgehead atoms. The van der Waals surface area contributed by atoms with Crippen molar-refractivity contribution in [2.24, 2.45) is 0 Å². The maximum Gasteiger partial charge on any atom is 0.250 e. The van der Waals surface area contributed by atoms with E-state index in [1.165, 1.54) is 6.07 Å². The Morgan fingerprint density at radius 1 is 0.868 bits per heavy atom. The SMILES string of the molecule is CCc1cc(-c2nnn(Cc3ccccc3F)c2I)c(O[Si](C)(C)C(C)(C)C)cc1O[Si](C)(C)C(C)(C)C. The van der Waals surface area contributed by atoms with Crippen LogP contribution in [0.4, 0.5) is 4.39 Å². The number of hydrogen-bond donors (Lipinski definition) is 0. The van der Waals surface area contributed by atoms with Crippen LogP contribution < -0.4 is 8.85 Å². The molecule has 3 rings (SSSR count). The van der Waals surface area contributed by atoms with Crippen molar-refractivity contribution >= 4 is 39.2 Å². The summed E-state index contributed by atoms with van der Waals surface area (Å²) in [6.07, 6.45) is 0.817. The molecule has 0 fully saturated rings. The minimum absolute atomic E-state index is 0.0176. The van der Waals surface area contributed by atoms with Crippen LogP contribution in [-0.4, -0.2) is 31.6 Å². The van der Waals surface area contributed by atoms with E-state index in [4.69, 9.17) is 8.85 Å². The van der Waals surface area contributed by atoms with Gasteiger partial charge in [-0.3, -0.25) is 0 Å². The molecule has 9 heteroatoms. The summed E-state index contributed by atoms with van der Waals surface area (Å²) in [5.74, 6) is 1.42. The third-order valence-electron chi connectivity index (χ3n) is 8.09. The van der Waals surface area contributed by atoms with Crippen LogP contribution in [0.5, 0.6) is 11.5 Å². The van der Waals surface area contributed by atoms with Gasteiger partial charge in [-0.25, -0.2) is 9.07 Å². The van der Waals surface area contributed by atoms with Crippen LogP contribution in [0.1, 0.15) is 59.6 Å². The predicted molar refractivity (Wildman–Crippen MR) is 169 cm³/mol. The first-order valence-corrected chi connectivity index (χ1v) is 20.1. The first kappa shape index (κ1) is 30.8. The number of hydrogen-bond acceptors (Lipinski definition) is 4. The van der Waals surface area contributed by atoms with E-state index in [9.17, 15) is 4.39 Å². The maximum absolute atomic E-state index is 14.4. The summed E-state index contributed by atoms with van der Waals surface area (Å²) in [5, 5.41) is 9.07. The third-order valence-corrected chi connectivity index (χ3v) is 17.8. The van der Waals surface area contributed by atoms with Gasteiger partial charge in [-0.05, 0) is 83.0 Å². The largest absolute Gasteiger partial charge is 0.543 e. The number of nitrogens with zero attached hydrogens (tertiary/aromatic N) is 3. The molecule has 0 atom stereocenters. The lowest BCUT2D eigenvalue weighted by atomic mass is 10.0. The highest BCUT2D eigenvalue weighted by atomic mass is 127. The minimum atomic E-state index is -2.19. The Kier molecular flexibility index (Phi) is 8.95. The van der Waals surface area contributed by atoms with Gasteiger partial charge >= 0.3 is 0 Å². The monoisotopic (exact) mass is 667 g/mol. The van der Waals surface area contributed by atoms with Gasteiger partial charge in [0.05, 0.1) is 6.54 Å². The van der Waals surface area contributed by atoms with Crippen molar-refractivity contribution in [2.75, 3.05) is 0 Å². The zero-order chi connectivity index (χ0) is 28.7. The minimum Gasteiger partial charge on any atom is -0.543 e. The molecule has 5 nitrogen and oxygen atoms in total. The molecule has 1 aromatic heterocycles. The summed E-state index contributed by atoms with van der Waals surface area (Å²) in [6.45, 7) is 25.0. The van der Waals surface area contributed by atoms with Crippen molar-refractivity contribution in [3.05, 3.63) is 57.0 Å². The van der Waals surface area contributed by atoms with Crippen molar-refractivity contribution in [1.82, 2.24) is 15.0 Å². The van der Waals surface area contributed by atoms with Crippen molar-refractivity contribution in [3.8, 4) is 22.8 Å². The number of rotatable bonds is 8. The summed E-state index contributed by atoms with van der Waals surface area (Å²) >= 11 is 2.26. The van der Waals surface area contributed by atoms with E-state index in [1.807, 2.05) is 6.07 Å². The van der Waals surface area contributed by atoms with Crippen molar-refractivity contribution < 1.29 is 13.2 Å². The van der Waals surface area contributed by atoms with E-state index in [0.29, 0.717) is 12.1 Å². The quantitative estimate of drug-likeness (QED) is 0.178. The molecule has 0 saturated carbocycles. The molecular weight excluding hydrogens is 624 g/mol. The Labute approximate surface area is 243 Å². The second kappa shape index (κ2) is 11.0. The Balaban J connectivity index is 2.17. The van der Waals surface area contributed by atoms with Crippen LogP contribution in [-0.2, 0) is 13.0 Å². The van der Waals surface area contributed by atoms with Gasteiger partial charge in [0, 0.05) is 17.2 Å². The lowest BCUT2D eigenvalue weighted by Gasteiger charge is -2.39. The molecule has 0 amide bonds. The highest BCUT2D eigenvalue weighted by molar-refractivity contribution is 14.1. The van der Waals surface area contributed by atoms with Crippen molar-refractivity contribution in [2.45, 2.75) is 97.7 Å². The topological polar surface area (TPSA) is 49.2 Å². The Morgan fingerprint density at radius 3 is 1.95 bits per heavy atom. The molecule has 0 saturated heterocycles.